The summed E-state index contributed by atoms with van der Waals surface area (Å²) in [5.74, 6) is 0. The molecule has 0 saturated heterocycles. The number of hydrogen-bond donors (Lipinski definition) is 0. The molecule has 0 bridgehead atoms. The second kappa shape index (κ2) is 6.83. The molecule has 0 aliphatic heterocycles. The molecule has 0 aliphatic carbocycles. The summed E-state index contributed by atoms with van der Waals surface area (Å²) >= 11 is 9.26. The van der Waals surface area contributed by atoms with Gasteiger partial charge in [0, 0.05) is 0 Å². The maximum Gasteiger partial charge on any atom is 0.101 e. The molecule has 0 aromatic heterocycles. The molecule has 2 aromatic carbocycles. The first-order chi connectivity index (χ1) is 9.33. The van der Waals surface area contributed by atoms with E-state index in [2.05, 4.69) is 56.9 Å². The van der Waals surface area contributed by atoms with E-state index in [0.717, 1.165) is 12.0 Å². The lowest BCUT2D eigenvalue weighted by atomic mass is 10.0. The van der Waals surface area contributed by atoms with E-state index in [1.54, 1.807) is 0 Å². The van der Waals surface area contributed by atoms with Crippen molar-refractivity contribution in [3.05, 3.63) is 59.7 Å². The Morgan fingerprint density at radius 2 is 1.47 bits per heavy atom. The van der Waals surface area contributed by atoms with Gasteiger partial charge in [0.1, 0.15) is 11.4 Å². The zero-order valence-electron chi connectivity index (χ0n) is 10.0. The third kappa shape index (κ3) is 3.75. The van der Waals surface area contributed by atoms with Crippen LogP contribution in [0.5, 0.6) is 0 Å². The predicted octanol–water partition coefficient (Wildman–Crippen LogP) is 4.75. The van der Waals surface area contributed by atoms with E-state index in [9.17, 15) is 0 Å². The van der Waals surface area contributed by atoms with E-state index in [1.165, 1.54) is 5.56 Å². The Kier molecular flexibility index (Phi) is 4.85. The number of thiocarbonyl (C=S) groups is 2. The van der Waals surface area contributed by atoms with Crippen molar-refractivity contribution in [3.63, 3.8) is 0 Å². The lowest BCUT2D eigenvalue weighted by Gasteiger charge is -2.04. The molecular formula is C15H10N2S2. The molecule has 0 unspecified atom stereocenters. The zero-order valence-corrected chi connectivity index (χ0v) is 11.7. The zero-order chi connectivity index (χ0) is 13.5. The molecule has 0 amide bonds. The second-order valence-electron chi connectivity index (χ2n) is 3.89. The lowest BCUT2D eigenvalue weighted by Crippen LogP contribution is -1.87. The van der Waals surface area contributed by atoms with Gasteiger partial charge in [-0.2, -0.15) is 9.98 Å². The maximum atomic E-state index is 4.65. The molecule has 2 aromatic rings. The summed E-state index contributed by atoms with van der Waals surface area (Å²) in [5, 5.41) is 4.70. The monoisotopic (exact) mass is 282 g/mol. The smallest absolute Gasteiger partial charge is 0.101 e. The van der Waals surface area contributed by atoms with Crippen molar-refractivity contribution < 1.29 is 0 Å². The highest BCUT2D eigenvalue weighted by Crippen LogP contribution is 2.29. The molecule has 0 radical (unpaired) electrons. The van der Waals surface area contributed by atoms with Gasteiger partial charge < -0.3 is 0 Å². The molecule has 92 valence electrons. The first kappa shape index (κ1) is 13.5. The van der Waals surface area contributed by atoms with Crippen molar-refractivity contribution in [2.75, 3.05) is 0 Å². The van der Waals surface area contributed by atoms with Gasteiger partial charge in [-0.15, -0.1) is 0 Å². The van der Waals surface area contributed by atoms with Crippen LogP contribution in [0.3, 0.4) is 0 Å². The number of benzene rings is 2. The van der Waals surface area contributed by atoms with Gasteiger partial charge in [0.25, 0.3) is 0 Å². The van der Waals surface area contributed by atoms with Crippen molar-refractivity contribution in [1.82, 2.24) is 0 Å². The fraction of sp³-hybridized carbons (Fsp3) is 0.0667. The maximum absolute atomic E-state index is 4.65. The molecule has 0 saturated carbocycles. The van der Waals surface area contributed by atoms with Crippen molar-refractivity contribution in [2.24, 2.45) is 9.98 Å². The Bertz CT molecular complexity index is 668. The van der Waals surface area contributed by atoms with E-state index in [-0.39, 0.29) is 0 Å². The summed E-state index contributed by atoms with van der Waals surface area (Å²) in [4.78, 5) is 7.97. The topological polar surface area (TPSA) is 24.7 Å². The number of aliphatic imine (C=N–C) groups is 2. The number of isothiocyanates is 2. The summed E-state index contributed by atoms with van der Waals surface area (Å²) in [6.07, 6.45) is 0.836. The van der Waals surface area contributed by atoms with Gasteiger partial charge in [-0.3, -0.25) is 0 Å². The van der Waals surface area contributed by atoms with E-state index >= 15 is 0 Å². The van der Waals surface area contributed by atoms with Crippen LogP contribution in [0.1, 0.15) is 11.1 Å². The van der Waals surface area contributed by atoms with Crippen molar-refractivity contribution in [1.29, 1.82) is 0 Å². The summed E-state index contributed by atoms with van der Waals surface area (Å²) in [7, 11) is 0. The average Bonchev–Trinajstić information content (AvgIpc) is 2.43. The Balaban J connectivity index is 2.35. The third-order valence-corrected chi connectivity index (χ3v) is 2.81. The molecule has 0 N–H and O–H groups in total. The third-order valence-electron chi connectivity index (χ3n) is 2.62. The number of hydrogen-bond acceptors (Lipinski definition) is 4. The summed E-state index contributed by atoms with van der Waals surface area (Å²) in [6, 6.07) is 16.0. The molecule has 0 aliphatic rings. The molecule has 2 rings (SSSR count). The highest BCUT2D eigenvalue weighted by Gasteiger charge is 2.03. The molecule has 0 atom stereocenters. The highest BCUT2D eigenvalue weighted by atomic mass is 32.1. The van der Waals surface area contributed by atoms with Gasteiger partial charge in [-0.25, -0.2) is 0 Å². The molecule has 2 nitrogen and oxygen atoms in total. The molecule has 19 heavy (non-hydrogen) atoms. The number of nitrogens with zero attached hydrogens (tertiary/aromatic N) is 2. The SMILES string of the molecule is S=C=Nc1ccc(Cc2ccccc2)cc1N=C=S. The van der Waals surface area contributed by atoms with Gasteiger partial charge in [0.2, 0.25) is 0 Å². The standard InChI is InChI=1S/C15H10N2S2/c18-10-16-14-7-6-13(9-15(14)17-11-19)8-12-4-2-1-3-5-12/h1-7,9H,8H2. The Morgan fingerprint density at radius 1 is 0.789 bits per heavy atom. The van der Waals surface area contributed by atoms with Crippen molar-refractivity contribution in [3.8, 4) is 0 Å². The lowest BCUT2D eigenvalue weighted by molar-refractivity contribution is 1.19. The van der Waals surface area contributed by atoms with Crippen LogP contribution in [0.25, 0.3) is 0 Å². The molecule has 0 fully saturated rings. The minimum absolute atomic E-state index is 0.657. The first-order valence-corrected chi connectivity index (χ1v) is 6.47. The van der Waals surface area contributed by atoms with Gasteiger partial charge in [0.05, 0.1) is 10.3 Å². The number of rotatable bonds is 4. The van der Waals surface area contributed by atoms with E-state index in [4.69, 9.17) is 0 Å². The normalized spacial score (nSPS) is 9.26. The molecular weight excluding hydrogens is 272 g/mol. The van der Waals surface area contributed by atoms with Crippen LogP contribution in [0.2, 0.25) is 0 Å². The van der Waals surface area contributed by atoms with Gasteiger partial charge >= 0.3 is 0 Å². The van der Waals surface area contributed by atoms with Gasteiger partial charge in [-0.1, -0.05) is 36.4 Å². The summed E-state index contributed by atoms with van der Waals surface area (Å²) < 4.78 is 0. The van der Waals surface area contributed by atoms with E-state index < -0.39 is 0 Å². The summed E-state index contributed by atoms with van der Waals surface area (Å²) in [6.45, 7) is 0. The largest absolute Gasteiger partial charge is 0.192 e. The molecule has 0 spiro atoms. The van der Waals surface area contributed by atoms with Crippen LogP contribution in [0.15, 0.2) is 58.5 Å². The molecule has 4 heteroatoms. The van der Waals surface area contributed by atoms with Crippen LogP contribution < -0.4 is 0 Å². The Morgan fingerprint density at radius 3 is 2.16 bits per heavy atom. The predicted molar refractivity (Wildman–Crippen MR) is 85.1 cm³/mol. The van der Waals surface area contributed by atoms with Gasteiger partial charge in [-0.05, 0) is 54.1 Å². The van der Waals surface area contributed by atoms with Crippen LogP contribution in [-0.2, 0) is 6.42 Å². The van der Waals surface area contributed by atoms with Crippen LogP contribution in [0, 0.1) is 0 Å². The quantitative estimate of drug-likeness (QED) is 0.597. The van der Waals surface area contributed by atoms with E-state index in [1.807, 2.05) is 36.4 Å². The fourth-order valence-corrected chi connectivity index (χ4v) is 1.99. The minimum atomic E-state index is 0.657. The fourth-order valence-electron chi connectivity index (χ4n) is 1.79. The second-order valence-corrected chi connectivity index (χ2v) is 4.26. The minimum Gasteiger partial charge on any atom is -0.192 e. The summed E-state index contributed by atoms with van der Waals surface area (Å²) in [5.41, 5.74) is 3.70. The van der Waals surface area contributed by atoms with Crippen molar-refractivity contribution in [2.45, 2.75) is 6.42 Å². The Labute approximate surface area is 122 Å². The average molecular weight is 282 g/mol. The van der Waals surface area contributed by atoms with Crippen LogP contribution >= 0.6 is 24.4 Å². The molecule has 0 heterocycles. The van der Waals surface area contributed by atoms with E-state index in [0.29, 0.717) is 11.4 Å². The Hall–Kier alpha value is -1.96. The van der Waals surface area contributed by atoms with Crippen molar-refractivity contribution >= 4 is 46.1 Å². The highest BCUT2D eigenvalue weighted by molar-refractivity contribution is 7.78. The van der Waals surface area contributed by atoms with Crippen LogP contribution in [0.4, 0.5) is 11.4 Å². The first-order valence-electron chi connectivity index (χ1n) is 5.66. The van der Waals surface area contributed by atoms with Crippen LogP contribution in [-0.4, -0.2) is 10.3 Å². The van der Waals surface area contributed by atoms with Gasteiger partial charge in [0.15, 0.2) is 0 Å².